The van der Waals surface area contributed by atoms with E-state index in [2.05, 4.69) is 6.58 Å². The second kappa shape index (κ2) is 11.0. The van der Waals surface area contributed by atoms with Crippen LogP contribution >= 0.6 is 0 Å². The Morgan fingerprint density at radius 1 is 0.732 bits per heavy atom. The van der Waals surface area contributed by atoms with Crippen LogP contribution in [-0.2, 0) is 14.3 Å². The second-order valence-corrected chi connectivity index (χ2v) is 9.45. The highest BCUT2D eigenvalue weighted by atomic mass is 16.5. The number of hydrogen-bond donors (Lipinski definition) is 4. The maximum atomic E-state index is 12.6. The normalized spacial score (nSPS) is 14.6. The van der Waals surface area contributed by atoms with Gasteiger partial charge in [0.15, 0.2) is 11.5 Å². The van der Waals surface area contributed by atoms with E-state index in [9.17, 15) is 39.6 Å². The van der Waals surface area contributed by atoms with Gasteiger partial charge in [-0.3, -0.25) is 19.2 Å². The van der Waals surface area contributed by atoms with Crippen molar-refractivity contribution < 1.29 is 44.3 Å². The van der Waals surface area contributed by atoms with Gasteiger partial charge in [-0.25, -0.2) is 0 Å². The summed E-state index contributed by atoms with van der Waals surface area (Å²) < 4.78 is 4.86. The maximum Gasteiger partial charge on any atom is 0.220 e. The highest BCUT2D eigenvalue weighted by Crippen LogP contribution is 2.45. The predicted octanol–water partition coefficient (Wildman–Crippen LogP) is 4.47. The summed E-state index contributed by atoms with van der Waals surface area (Å²) in [7, 11) is 1.37. The summed E-state index contributed by atoms with van der Waals surface area (Å²) in [5.74, 6) is -4.17. The van der Waals surface area contributed by atoms with Crippen molar-refractivity contribution in [2.45, 2.75) is 19.8 Å². The SMILES string of the molecule is C=CC(C1=CC(=O)C(OC)=CC1=O)c1ccccc1.Cc1cc(O)c2c(c1O)C(=O)c1c(O)cc(C)c(O)c1C2=O. The monoisotopic (exact) mass is 554 g/mol. The third kappa shape index (κ3) is 4.89. The predicted molar refractivity (Wildman–Crippen MR) is 148 cm³/mol. The molecule has 9 nitrogen and oxygen atoms in total. The van der Waals surface area contributed by atoms with Gasteiger partial charge >= 0.3 is 0 Å². The van der Waals surface area contributed by atoms with Crippen LogP contribution in [0.3, 0.4) is 0 Å². The first-order valence-electron chi connectivity index (χ1n) is 12.4. The summed E-state index contributed by atoms with van der Waals surface area (Å²) in [6.07, 6.45) is 4.23. The molecule has 0 heterocycles. The molecule has 9 heteroatoms. The number of carbonyl (C=O) groups excluding carboxylic acids is 4. The number of benzene rings is 3. The highest BCUT2D eigenvalue weighted by molar-refractivity contribution is 6.32. The molecule has 0 radical (unpaired) electrons. The molecule has 0 aromatic heterocycles. The molecule has 0 fully saturated rings. The minimum absolute atomic E-state index is 0.0737. The molecule has 0 spiro atoms. The molecule has 3 aromatic rings. The summed E-state index contributed by atoms with van der Waals surface area (Å²) >= 11 is 0. The van der Waals surface area contributed by atoms with E-state index >= 15 is 0 Å². The van der Waals surface area contributed by atoms with Crippen LogP contribution in [0.15, 0.2) is 78.6 Å². The van der Waals surface area contributed by atoms with Crippen LogP contribution in [0.5, 0.6) is 23.0 Å². The molecule has 0 saturated heterocycles. The number of ether oxygens (including phenoxy) is 1. The Labute approximate surface area is 235 Å². The van der Waals surface area contributed by atoms with Crippen LogP contribution in [0.1, 0.15) is 54.5 Å². The fourth-order valence-corrected chi connectivity index (χ4v) is 4.79. The number of rotatable bonds is 4. The lowest BCUT2D eigenvalue weighted by molar-refractivity contribution is -0.117. The van der Waals surface area contributed by atoms with Gasteiger partial charge in [-0.1, -0.05) is 36.4 Å². The fraction of sp³-hybridized carbons (Fsp3) is 0.125. The van der Waals surface area contributed by atoms with Crippen LogP contribution in [0.25, 0.3) is 0 Å². The van der Waals surface area contributed by atoms with Gasteiger partial charge in [0.1, 0.15) is 23.0 Å². The van der Waals surface area contributed by atoms with Gasteiger partial charge in [0.05, 0.1) is 29.4 Å². The molecule has 0 amide bonds. The quantitative estimate of drug-likeness (QED) is 0.162. The molecule has 208 valence electrons. The standard InChI is InChI=1S/C16H12O6.C16H14O3/c1-5-3-7(17)9-11(13(5)19)15(21)10-8(18)4-6(2)14(20)12(10)16(9)22;1-3-12(11-7-5-4-6-8-11)13-9-15(18)16(19-2)10-14(13)17/h3-4,17-20H,1-2H3;3-10,12H,1H2,2H3. The number of methoxy groups -OCH3 is 1. The Balaban J connectivity index is 0.000000191. The van der Waals surface area contributed by atoms with Crippen molar-refractivity contribution in [2.24, 2.45) is 0 Å². The average molecular weight is 555 g/mol. The lowest BCUT2D eigenvalue weighted by Crippen LogP contribution is -2.22. The van der Waals surface area contributed by atoms with Gasteiger partial charge in [-0.15, -0.1) is 6.58 Å². The zero-order valence-corrected chi connectivity index (χ0v) is 22.4. The van der Waals surface area contributed by atoms with Gasteiger partial charge in [0, 0.05) is 17.6 Å². The van der Waals surface area contributed by atoms with Crippen molar-refractivity contribution in [2.75, 3.05) is 7.11 Å². The van der Waals surface area contributed by atoms with Crippen LogP contribution in [-0.4, -0.2) is 50.7 Å². The van der Waals surface area contributed by atoms with E-state index in [1.807, 2.05) is 30.3 Å². The Hall–Kier alpha value is -5.44. The molecule has 0 saturated carbocycles. The van der Waals surface area contributed by atoms with Crippen molar-refractivity contribution >= 4 is 23.1 Å². The minimum atomic E-state index is -0.825. The van der Waals surface area contributed by atoms with Crippen molar-refractivity contribution in [1.82, 2.24) is 0 Å². The maximum absolute atomic E-state index is 12.6. The molecule has 3 aromatic carbocycles. The summed E-state index contributed by atoms with van der Waals surface area (Å²) in [6, 6.07) is 11.8. The van der Waals surface area contributed by atoms with Gasteiger partial charge in [0.25, 0.3) is 0 Å². The smallest absolute Gasteiger partial charge is 0.220 e. The zero-order chi connectivity index (χ0) is 30.2. The van der Waals surface area contributed by atoms with Gasteiger partial charge in [-0.2, -0.15) is 0 Å². The summed E-state index contributed by atoms with van der Waals surface area (Å²) in [5.41, 5.74) is 0.309. The number of phenols is 4. The number of hydrogen-bond acceptors (Lipinski definition) is 9. The molecule has 2 aliphatic carbocycles. The molecular weight excluding hydrogens is 528 g/mol. The third-order valence-corrected chi connectivity index (χ3v) is 6.87. The van der Waals surface area contributed by atoms with E-state index in [1.165, 1.54) is 33.1 Å². The lowest BCUT2D eigenvalue weighted by Gasteiger charge is -2.22. The fourth-order valence-electron chi connectivity index (χ4n) is 4.79. The van der Waals surface area contributed by atoms with Crippen LogP contribution in [0, 0.1) is 13.8 Å². The van der Waals surface area contributed by atoms with Gasteiger partial charge < -0.3 is 25.2 Å². The summed E-state index contributed by atoms with van der Waals surface area (Å²) in [5, 5.41) is 40.1. The van der Waals surface area contributed by atoms with E-state index in [1.54, 1.807) is 6.08 Å². The average Bonchev–Trinajstić information content (AvgIpc) is 2.94. The van der Waals surface area contributed by atoms with E-state index in [-0.39, 0.29) is 56.6 Å². The van der Waals surface area contributed by atoms with E-state index in [0.29, 0.717) is 5.57 Å². The molecule has 2 aliphatic rings. The molecule has 0 bridgehead atoms. The topological polar surface area (TPSA) is 158 Å². The number of aromatic hydroxyl groups is 4. The Morgan fingerprint density at radius 3 is 1.66 bits per heavy atom. The molecule has 5 rings (SSSR count). The first-order chi connectivity index (χ1) is 19.4. The van der Waals surface area contributed by atoms with Gasteiger partial charge in [0.2, 0.25) is 17.3 Å². The van der Waals surface area contributed by atoms with Gasteiger partial charge in [-0.05, 0) is 48.7 Å². The van der Waals surface area contributed by atoms with Crippen LogP contribution in [0.4, 0.5) is 0 Å². The van der Waals surface area contributed by atoms with Crippen molar-refractivity contribution in [3.8, 4) is 23.0 Å². The second-order valence-electron chi connectivity index (χ2n) is 9.45. The van der Waals surface area contributed by atoms with E-state index in [4.69, 9.17) is 4.74 Å². The zero-order valence-electron chi connectivity index (χ0n) is 22.4. The molecule has 4 N–H and O–H groups in total. The minimum Gasteiger partial charge on any atom is -0.507 e. The van der Waals surface area contributed by atoms with Crippen molar-refractivity contribution in [1.29, 1.82) is 0 Å². The van der Waals surface area contributed by atoms with E-state index in [0.717, 1.165) is 17.7 Å². The Bertz CT molecular complexity index is 1640. The number of aryl methyl sites for hydroxylation is 2. The number of carbonyl (C=O) groups is 4. The first kappa shape index (κ1) is 28.6. The molecule has 1 atom stereocenters. The number of allylic oxidation sites excluding steroid dienone is 4. The molecule has 41 heavy (non-hydrogen) atoms. The van der Waals surface area contributed by atoms with Crippen LogP contribution < -0.4 is 0 Å². The summed E-state index contributed by atoms with van der Waals surface area (Å²) in [6.45, 7) is 6.69. The number of phenolic OH excluding ortho intramolecular Hbond substituents is 4. The third-order valence-electron chi connectivity index (χ3n) is 6.87. The Morgan fingerprint density at radius 2 is 1.22 bits per heavy atom. The molecule has 1 unspecified atom stereocenters. The lowest BCUT2D eigenvalue weighted by atomic mass is 9.80. The largest absolute Gasteiger partial charge is 0.507 e. The number of fused-ring (bicyclic) bond motifs is 2. The summed E-state index contributed by atoms with van der Waals surface area (Å²) in [4.78, 5) is 49.0. The van der Waals surface area contributed by atoms with Crippen molar-refractivity contribution in [3.63, 3.8) is 0 Å². The van der Waals surface area contributed by atoms with Crippen molar-refractivity contribution in [3.05, 3.63) is 118 Å². The van der Waals surface area contributed by atoms with Crippen LogP contribution in [0.2, 0.25) is 0 Å². The molecule has 0 aliphatic heterocycles. The molecular formula is C32H26O9. The number of ketones is 4. The Kier molecular flexibility index (Phi) is 7.64. The van der Waals surface area contributed by atoms with E-state index < -0.39 is 34.6 Å². The first-order valence-corrected chi connectivity index (χ1v) is 12.4. The highest BCUT2D eigenvalue weighted by Gasteiger charge is 2.39.